The van der Waals surface area contributed by atoms with Gasteiger partial charge in [-0.2, -0.15) is 0 Å². The molecular formula is C16H26ClFN2. The van der Waals surface area contributed by atoms with E-state index in [1.165, 1.54) is 44.2 Å². The van der Waals surface area contributed by atoms with Crippen LogP contribution in [-0.4, -0.2) is 6.04 Å². The van der Waals surface area contributed by atoms with Gasteiger partial charge in [0.05, 0.1) is 0 Å². The lowest BCUT2D eigenvalue weighted by Crippen LogP contribution is -2.36. The minimum absolute atomic E-state index is 0.153. The zero-order valence-corrected chi connectivity index (χ0v) is 13.1. The summed E-state index contributed by atoms with van der Waals surface area (Å²) in [5, 5.41) is 0.606. The van der Waals surface area contributed by atoms with Crippen LogP contribution >= 0.6 is 11.6 Å². The van der Waals surface area contributed by atoms with Crippen LogP contribution in [0.1, 0.15) is 57.4 Å². The second kappa shape index (κ2) is 10.1. The number of nitrogens with one attached hydrogen (secondary N) is 1. The zero-order chi connectivity index (χ0) is 14.8. The Bertz CT molecular complexity index is 385. The molecule has 4 heteroatoms. The van der Waals surface area contributed by atoms with Gasteiger partial charge in [-0.25, -0.2) is 4.39 Å². The highest BCUT2D eigenvalue weighted by Gasteiger charge is 2.11. The molecule has 1 aromatic carbocycles. The maximum absolute atomic E-state index is 13.2. The highest BCUT2D eigenvalue weighted by Crippen LogP contribution is 2.20. The quantitative estimate of drug-likeness (QED) is 0.376. The Labute approximate surface area is 126 Å². The molecule has 0 saturated heterocycles. The van der Waals surface area contributed by atoms with Gasteiger partial charge in [-0.15, -0.1) is 0 Å². The molecule has 0 aliphatic heterocycles. The molecule has 0 spiro atoms. The number of nitrogens with two attached hydrogens (primary N) is 1. The van der Waals surface area contributed by atoms with Crippen LogP contribution in [0.15, 0.2) is 18.2 Å². The van der Waals surface area contributed by atoms with E-state index in [2.05, 4.69) is 12.3 Å². The molecule has 114 valence electrons. The van der Waals surface area contributed by atoms with Crippen molar-refractivity contribution in [3.63, 3.8) is 0 Å². The molecule has 1 atom stereocenters. The molecule has 2 nitrogen and oxygen atoms in total. The van der Waals surface area contributed by atoms with Crippen molar-refractivity contribution in [1.82, 2.24) is 5.43 Å². The first-order valence-corrected chi connectivity index (χ1v) is 7.95. The smallest absolute Gasteiger partial charge is 0.123 e. The SMILES string of the molecule is CCCCCCCCC(Cc1cc(F)ccc1Cl)NN. The minimum Gasteiger partial charge on any atom is -0.271 e. The largest absolute Gasteiger partial charge is 0.271 e. The molecule has 0 aromatic heterocycles. The fourth-order valence-electron chi connectivity index (χ4n) is 2.38. The molecule has 1 rings (SSSR count). The monoisotopic (exact) mass is 300 g/mol. The summed E-state index contributed by atoms with van der Waals surface area (Å²) in [6.45, 7) is 2.22. The topological polar surface area (TPSA) is 38.0 Å². The molecule has 0 heterocycles. The van der Waals surface area contributed by atoms with Crippen LogP contribution in [0, 0.1) is 5.82 Å². The van der Waals surface area contributed by atoms with Gasteiger partial charge in [-0.05, 0) is 36.6 Å². The summed E-state index contributed by atoms with van der Waals surface area (Å²) in [5.41, 5.74) is 3.64. The zero-order valence-electron chi connectivity index (χ0n) is 12.3. The maximum atomic E-state index is 13.2. The number of hydrazine groups is 1. The summed E-state index contributed by atoms with van der Waals surface area (Å²) in [4.78, 5) is 0. The van der Waals surface area contributed by atoms with Gasteiger partial charge in [0.15, 0.2) is 0 Å². The summed E-state index contributed by atoms with van der Waals surface area (Å²) in [7, 11) is 0. The van der Waals surface area contributed by atoms with E-state index in [1.807, 2.05) is 0 Å². The number of unbranched alkanes of at least 4 members (excludes halogenated alkanes) is 5. The molecule has 0 saturated carbocycles. The van der Waals surface area contributed by atoms with Gasteiger partial charge in [0.1, 0.15) is 5.82 Å². The van der Waals surface area contributed by atoms with E-state index in [-0.39, 0.29) is 11.9 Å². The first-order chi connectivity index (χ1) is 9.67. The van der Waals surface area contributed by atoms with Crippen LogP contribution in [0.3, 0.4) is 0 Å². The van der Waals surface area contributed by atoms with Gasteiger partial charge < -0.3 is 0 Å². The van der Waals surface area contributed by atoms with Gasteiger partial charge in [0, 0.05) is 11.1 Å². The molecule has 0 aliphatic carbocycles. The van der Waals surface area contributed by atoms with Crippen LogP contribution in [-0.2, 0) is 6.42 Å². The van der Waals surface area contributed by atoms with Crippen LogP contribution in [0.5, 0.6) is 0 Å². The van der Waals surface area contributed by atoms with E-state index >= 15 is 0 Å². The van der Waals surface area contributed by atoms with E-state index in [4.69, 9.17) is 17.4 Å². The second-order valence-corrected chi connectivity index (χ2v) is 5.77. The van der Waals surface area contributed by atoms with E-state index < -0.39 is 0 Å². The Hall–Kier alpha value is -0.640. The summed E-state index contributed by atoms with van der Waals surface area (Å²) < 4.78 is 13.2. The lowest BCUT2D eigenvalue weighted by atomic mass is 10.00. The van der Waals surface area contributed by atoms with E-state index in [0.29, 0.717) is 11.4 Å². The highest BCUT2D eigenvalue weighted by atomic mass is 35.5. The summed E-state index contributed by atoms with van der Waals surface area (Å²) in [6.07, 6.45) is 9.22. The Balaban J connectivity index is 2.33. The second-order valence-electron chi connectivity index (χ2n) is 5.36. The molecule has 0 bridgehead atoms. The first kappa shape index (κ1) is 17.4. The van der Waals surface area contributed by atoms with Crippen LogP contribution in [0.4, 0.5) is 4.39 Å². The molecular weight excluding hydrogens is 275 g/mol. The summed E-state index contributed by atoms with van der Waals surface area (Å²) >= 11 is 6.08. The third kappa shape index (κ3) is 6.69. The summed E-state index contributed by atoms with van der Waals surface area (Å²) in [6, 6.07) is 4.63. The van der Waals surface area contributed by atoms with Crippen molar-refractivity contribution in [2.75, 3.05) is 0 Å². The lowest BCUT2D eigenvalue weighted by Gasteiger charge is -2.16. The Morgan fingerprint density at radius 3 is 2.60 bits per heavy atom. The van der Waals surface area contributed by atoms with Crippen molar-refractivity contribution in [3.8, 4) is 0 Å². The van der Waals surface area contributed by atoms with Crippen molar-refractivity contribution in [3.05, 3.63) is 34.6 Å². The van der Waals surface area contributed by atoms with Crippen LogP contribution in [0.2, 0.25) is 5.02 Å². The summed E-state index contributed by atoms with van der Waals surface area (Å²) in [5.74, 6) is 5.33. The predicted octanol–water partition coefficient (Wildman–Crippen LogP) is 4.60. The van der Waals surface area contributed by atoms with E-state index in [1.54, 1.807) is 6.07 Å². The van der Waals surface area contributed by atoms with Crippen LogP contribution in [0.25, 0.3) is 0 Å². The average molecular weight is 301 g/mol. The number of halogens is 2. The predicted molar refractivity (Wildman–Crippen MR) is 84.2 cm³/mol. The standard InChI is InChI=1S/C16H26ClFN2/c1-2-3-4-5-6-7-8-15(20-19)12-13-11-14(18)9-10-16(13)17/h9-11,15,20H,2-8,12,19H2,1H3. The molecule has 0 fully saturated rings. The molecule has 0 radical (unpaired) electrons. The van der Waals surface area contributed by atoms with Gasteiger partial charge >= 0.3 is 0 Å². The third-order valence-electron chi connectivity index (χ3n) is 3.62. The average Bonchev–Trinajstić information content (AvgIpc) is 2.45. The molecule has 0 amide bonds. The van der Waals surface area contributed by atoms with Crippen molar-refractivity contribution in [2.45, 2.75) is 64.3 Å². The maximum Gasteiger partial charge on any atom is 0.123 e. The normalized spacial score (nSPS) is 12.6. The molecule has 3 N–H and O–H groups in total. The van der Waals surface area contributed by atoms with Crippen molar-refractivity contribution in [2.24, 2.45) is 5.84 Å². The van der Waals surface area contributed by atoms with Crippen molar-refractivity contribution in [1.29, 1.82) is 0 Å². The molecule has 0 aliphatic rings. The fourth-order valence-corrected chi connectivity index (χ4v) is 2.58. The highest BCUT2D eigenvalue weighted by molar-refractivity contribution is 6.31. The van der Waals surface area contributed by atoms with Crippen molar-refractivity contribution < 1.29 is 4.39 Å². The third-order valence-corrected chi connectivity index (χ3v) is 3.98. The van der Waals surface area contributed by atoms with Crippen molar-refractivity contribution >= 4 is 11.6 Å². The molecule has 1 unspecified atom stereocenters. The molecule has 20 heavy (non-hydrogen) atoms. The Kier molecular flexibility index (Phi) is 8.83. The lowest BCUT2D eigenvalue weighted by molar-refractivity contribution is 0.459. The number of rotatable bonds is 10. The molecule has 1 aromatic rings. The van der Waals surface area contributed by atoms with Gasteiger partial charge in [-0.3, -0.25) is 11.3 Å². The van der Waals surface area contributed by atoms with Gasteiger partial charge in [-0.1, -0.05) is 57.0 Å². The Morgan fingerprint density at radius 1 is 1.20 bits per heavy atom. The first-order valence-electron chi connectivity index (χ1n) is 7.57. The fraction of sp³-hybridized carbons (Fsp3) is 0.625. The van der Waals surface area contributed by atoms with E-state index in [9.17, 15) is 4.39 Å². The van der Waals surface area contributed by atoms with E-state index in [0.717, 1.165) is 18.4 Å². The number of hydrogen-bond acceptors (Lipinski definition) is 2. The Morgan fingerprint density at radius 2 is 1.90 bits per heavy atom. The van der Waals surface area contributed by atoms with Gasteiger partial charge in [0.2, 0.25) is 0 Å². The van der Waals surface area contributed by atoms with Gasteiger partial charge in [0.25, 0.3) is 0 Å². The number of hydrogen-bond donors (Lipinski definition) is 2. The minimum atomic E-state index is -0.250. The number of benzene rings is 1. The van der Waals surface area contributed by atoms with Crippen LogP contribution < -0.4 is 11.3 Å².